The molecule has 2 aromatic rings. The van der Waals surface area contributed by atoms with Gasteiger partial charge >= 0.3 is 0 Å². The average molecular weight is 505 g/mol. The third-order valence-electron chi connectivity index (χ3n) is 4.71. The van der Waals surface area contributed by atoms with Gasteiger partial charge in [-0.2, -0.15) is 0 Å². The van der Waals surface area contributed by atoms with Gasteiger partial charge in [0.15, 0.2) is 5.96 Å². The van der Waals surface area contributed by atoms with E-state index in [4.69, 9.17) is 11.2 Å². The fraction of sp³-hybridized carbons (Fsp3) is 0.364. The number of piperazine rings is 1. The molecule has 1 aromatic heterocycles. The molecule has 0 unspecified atom stereocenters. The Morgan fingerprint density at radius 3 is 2.55 bits per heavy atom. The molecule has 0 aliphatic carbocycles. The molecule has 0 atom stereocenters. The molecule has 29 heavy (non-hydrogen) atoms. The summed E-state index contributed by atoms with van der Waals surface area (Å²) in [7, 11) is 1.84. The number of pyridine rings is 1. The molecule has 1 aromatic carbocycles. The van der Waals surface area contributed by atoms with Crippen molar-refractivity contribution in [1.82, 2.24) is 15.2 Å². The van der Waals surface area contributed by atoms with Crippen LogP contribution in [0.25, 0.3) is 0 Å². The quantitative estimate of drug-likeness (QED) is 0.283. The first-order valence-electron chi connectivity index (χ1n) is 9.57. The molecule has 0 amide bonds. The topological polar surface area (TPSA) is 53.0 Å². The van der Waals surface area contributed by atoms with Crippen LogP contribution in [0.2, 0.25) is 0 Å². The molecule has 0 saturated carbocycles. The molecule has 2 heterocycles. The van der Waals surface area contributed by atoms with Crippen LogP contribution in [0.15, 0.2) is 53.7 Å². The zero-order valence-electron chi connectivity index (χ0n) is 16.8. The predicted octanol–water partition coefficient (Wildman–Crippen LogP) is 2.65. The number of benzene rings is 1. The molecular weight excluding hydrogens is 477 g/mol. The summed E-state index contributed by atoms with van der Waals surface area (Å²) in [6.45, 7) is 4.87. The van der Waals surface area contributed by atoms with Gasteiger partial charge in [0.05, 0.1) is 0 Å². The van der Waals surface area contributed by atoms with E-state index >= 15 is 0 Å². The summed E-state index contributed by atoms with van der Waals surface area (Å²) in [5.41, 5.74) is 1.25. The van der Waals surface area contributed by atoms with E-state index in [2.05, 4.69) is 49.2 Å². The first kappa shape index (κ1) is 22.8. The monoisotopic (exact) mass is 505 g/mol. The van der Waals surface area contributed by atoms with Gasteiger partial charge in [0.1, 0.15) is 18.2 Å². The van der Waals surface area contributed by atoms with Gasteiger partial charge in [-0.15, -0.1) is 30.4 Å². The number of hydrogen-bond donors (Lipinski definition) is 1. The summed E-state index contributed by atoms with van der Waals surface area (Å²) in [4.78, 5) is 13.5. The first-order valence-corrected chi connectivity index (χ1v) is 9.57. The Bertz CT molecular complexity index is 796. The Kier molecular flexibility index (Phi) is 9.57. The molecule has 1 aliphatic rings. The molecular formula is C22H28IN5O. The summed E-state index contributed by atoms with van der Waals surface area (Å²) in [5.74, 6) is 5.27. The maximum Gasteiger partial charge on any atom is 0.193 e. The number of nitrogens with zero attached hydrogens (tertiary/aromatic N) is 4. The standard InChI is InChI=1S/C22H27N5O.HI/c1-3-18-28-20-9-7-19(8-10-20)11-13-25-22(23-2)27-16-14-26(15-17-27)21-6-4-5-12-24-21;/h1,4-10,12H,11,13-18H2,2H3,(H,23,25);1H. The van der Waals surface area contributed by atoms with Gasteiger partial charge in [-0.25, -0.2) is 4.98 Å². The Balaban J connectivity index is 0.00000300. The van der Waals surface area contributed by atoms with Crippen molar-refractivity contribution >= 4 is 35.8 Å². The lowest BCUT2D eigenvalue weighted by Gasteiger charge is -2.37. The minimum Gasteiger partial charge on any atom is -0.481 e. The highest BCUT2D eigenvalue weighted by atomic mass is 127. The third-order valence-corrected chi connectivity index (χ3v) is 4.71. The van der Waals surface area contributed by atoms with Crippen LogP contribution in [0.4, 0.5) is 5.82 Å². The van der Waals surface area contributed by atoms with Gasteiger partial charge in [-0.3, -0.25) is 4.99 Å². The summed E-state index contributed by atoms with van der Waals surface area (Å²) >= 11 is 0. The van der Waals surface area contributed by atoms with Gasteiger partial charge in [0.2, 0.25) is 0 Å². The first-order chi connectivity index (χ1) is 13.8. The number of rotatable bonds is 6. The summed E-state index contributed by atoms with van der Waals surface area (Å²) in [6.07, 6.45) is 7.97. The maximum absolute atomic E-state index is 5.40. The highest BCUT2D eigenvalue weighted by molar-refractivity contribution is 14.0. The average Bonchev–Trinajstić information content (AvgIpc) is 2.77. The fourth-order valence-electron chi connectivity index (χ4n) is 3.22. The van der Waals surface area contributed by atoms with Gasteiger partial charge in [0, 0.05) is 46.0 Å². The largest absolute Gasteiger partial charge is 0.481 e. The van der Waals surface area contributed by atoms with E-state index in [0.29, 0.717) is 6.61 Å². The molecule has 3 rings (SSSR count). The minimum atomic E-state index is 0. The highest BCUT2D eigenvalue weighted by Gasteiger charge is 2.20. The Hall–Kier alpha value is -2.47. The van der Waals surface area contributed by atoms with E-state index in [-0.39, 0.29) is 24.0 Å². The second-order valence-corrected chi connectivity index (χ2v) is 6.52. The van der Waals surface area contributed by atoms with E-state index in [0.717, 1.165) is 56.7 Å². The van der Waals surface area contributed by atoms with Crippen molar-refractivity contribution in [3.05, 3.63) is 54.2 Å². The molecule has 1 aliphatic heterocycles. The van der Waals surface area contributed by atoms with Crippen LogP contribution in [-0.2, 0) is 6.42 Å². The Morgan fingerprint density at radius 2 is 1.93 bits per heavy atom. The molecule has 154 valence electrons. The molecule has 7 heteroatoms. The van der Waals surface area contributed by atoms with Gasteiger partial charge < -0.3 is 19.9 Å². The third kappa shape index (κ3) is 6.82. The van der Waals surface area contributed by atoms with Crippen molar-refractivity contribution < 1.29 is 4.74 Å². The number of hydrogen-bond acceptors (Lipinski definition) is 4. The van der Waals surface area contributed by atoms with E-state index in [1.165, 1.54) is 5.56 Å². The maximum atomic E-state index is 5.40. The summed E-state index contributed by atoms with van der Waals surface area (Å²) in [5, 5.41) is 3.48. The number of anilines is 1. The van der Waals surface area contributed by atoms with Crippen molar-refractivity contribution in [3.63, 3.8) is 0 Å². The number of aromatic nitrogens is 1. The zero-order valence-corrected chi connectivity index (χ0v) is 19.1. The van der Waals surface area contributed by atoms with Crippen molar-refractivity contribution in [2.75, 3.05) is 51.3 Å². The van der Waals surface area contributed by atoms with Crippen molar-refractivity contribution in [2.24, 2.45) is 4.99 Å². The van der Waals surface area contributed by atoms with Crippen molar-refractivity contribution in [2.45, 2.75) is 6.42 Å². The number of aliphatic imine (C=N–C) groups is 1. The Labute approximate surface area is 190 Å². The second-order valence-electron chi connectivity index (χ2n) is 6.52. The highest BCUT2D eigenvalue weighted by Crippen LogP contribution is 2.13. The van der Waals surface area contributed by atoms with Crippen LogP contribution in [-0.4, -0.2) is 62.2 Å². The van der Waals surface area contributed by atoms with E-state index < -0.39 is 0 Å². The number of guanidine groups is 1. The zero-order chi connectivity index (χ0) is 19.6. The minimum absolute atomic E-state index is 0. The van der Waals surface area contributed by atoms with Crippen LogP contribution in [0.3, 0.4) is 0 Å². The van der Waals surface area contributed by atoms with Crippen molar-refractivity contribution in [3.8, 4) is 18.1 Å². The molecule has 6 nitrogen and oxygen atoms in total. The molecule has 1 N–H and O–H groups in total. The van der Waals surface area contributed by atoms with Crippen molar-refractivity contribution in [1.29, 1.82) is 0 Å². The lowest BCUT2D eigenvalue weighted by atomic mass is 10.1. The predicted molar refractivity (Wildman–Crippen MR) is 129 cm³/mol. The SMILES string of the molecule is C#CCOc1ccc(CCNC(=NC)N2CCN(c3ccccn3)CC2)cc1.I. The van der Waals surface area contributed by atoms with Crippen LogP contribution >= 0.6 is 24.0 Å². The molecule has 0 radical (unpaired) electrons. The van der Waals surface area contributed by atoms with E-state index in [1.807, 2.05) is 37.5 Å². The summed E-state index contributed by atoms with van der Waals surface area (Å²) < 4.78 is 5.40. The molecule has 1 fully saturated rings. The number of ether oxygens (including phenoxy) is 1. The molecule has 1 saturated heterocycles. The lowest BCUT2D eigenvalue weighted by molar-refractivity contribution is 0.370. The van der Waals surface area contributed by atoms with Gasteiger partial charge in [-0.1, -0.05) is 24.1 Å². The second kappa shape index (κ2) is 12.2. The van der Waals surface area contributed by atoms with Gasteiger partial charge in [0.25, 0.3) is 0 Å². The molecule has 0 bridgehead atoms. The van der Waals surface area contributed by atoms with Crippen LogP contribution in [0, 0.1) is 12.3 Å². The van der Waals surface area contributed by atoms with Crippen LogP contribution < -0.4 is 15.0 Å². The number of nitrogens with one attached hydrogen (secondary N) is 1. The fourth-order valence-corrected chi connectivity index (χ4v) is 3.22. The van der Waals surface area contributed by atoms with E-state index in [1.54, 1.807) is 0 Å². The number of halogens is 1. The summed E-state index contributed by atoms with van der Waals surface area (Å²) in [6, 6.07) is 14.1. The normalized spacial score (nSPS) is 14.0. The van der Waals surface area contributed by atoms with Crippen LogP contribution in [0.1, 0.15) is 5.56 Å². The molecule has 0 spiro atoms. The smallest absolute Gasteiger partial charge is 0.193 e. The van der Waals surface area contributed by atoms with Gasteiger partial charge in [-0.05, 0) is 36.2 Å². The lowest BCUT2D eigenvalue weighted by Crippen LogP contribution is -2.53. The number of terminal acetylenes is 1. The Morgan fingerprint density at radius 1 is 1.17 bits per heavy atom. The van der Waals surface area contributed by atoms with Crippen LogP contribution in [0.5, 0.6) is 5.75 Å². The van der Waals surface area contributed by atoms with E-state index in [9.17, 15) is 0 Å².